The molecular formula is C12H18O2. The van der Waals surface area contributed by atoms with Crippen LogP contribution in [0.2, 0.25) is 0 Å². The highest BCUT2D eigenvalue weighted by atomic mass is 16.5. The number of rotatable bonds is 4. The van der Waals surface area contributed by atoms with E-state index in [-0.39, 0.29) is 0 Å². The first-order valence-corrected chi connectivity index (χ1v) is 4.92. The van der Waals surface area contributed by atoms with Crippen LogP contribution in [0.4, 0.5) is 0 Å². The lowest BCUT2D eigenvalue weighted by atomic mass is 9.85. The van der Waals surface area contributed by atoms with E-state index in [4.69, 9.17) is 4.74 Å². The van der Waals surface area contributed by atoms with Gasteiger partial charge < -0.3 is 9.84 Å². The fourth-order valence-corrected chi connectivity index (χ4v) is 1.75. The number of aliphatic hydroxyl groups is 1. The van der Waals surface area contributed by atoms with Crippen molar-refractivity contribution < 1.29 is 9.84 Å². The van der Waals surface area contributed by atoms with Crippen molar-refractivity contribution in [2.75, 3.05) is 7.11 Å². The second-order valence-corrected chi connectivity index (χ2v) is 3.53. The van der Waals surface area contributed by atoms with Gasteiger partial charge in [0, 0.05) is 7.11 Å². The van der Waals surface area contributed by atoms with Gasteiger partial charge in [0.25, 0.3) is 0 Å². The third kappa shape index (κ3) is 1.97. The third-order valence-electron chi connectivity index (χ3n) is 2.74. The predicted octanol–water partition coefficient (Wildman–Crippen LogP) is 2.21. The van der Waals surface area contributed by atoms with E-state index in [1.807, 2.05) is 25.2 Å². The third-order valence-corrected chi connectivity index (χ3v) is 2.74. The molecule has 1 aliphatic rings. The molecule has 14 heavy (non-hydrogen) atoms. The van der Waals surface area contributed by atoms with E-state index < -0.39 is 11.7 Å². The van der Waals surface area contributed by atoms with Crippen molar-refractivity contribution in [3.63, 3.8) is 0 Å². The van der Waals surface area contributed by atoms with Crippen molar-refractivity contribution in [3.05, 3.63) is 36.5 Å². The molecule has 0 aromatic carbocycles. The van der Waals surface area contributed by atoms with Gasteiger partial charge >= 0.3 is 0 Å². The first-order chi connectivity index (χ1) is 6.68. The van der Waals surface area contributed by atoms with E-state index in [2.05, 4.69) is 6.58 Å². The van der Waals surface area contributed by atoms with Crippen molar-refractivity contribution in [3.8, 4) is 0 Å². The molecule has 0 fully saturated rings. The fraction of sp³-hybridized carbons (Fsp3) is 0.500. The lowest BCUT2D eigenvalue weighted by Crippen LogP contribution is -2.42. The summed E-state index contributed by atoms with van der Waals surface area (Å²) in [6.07, 6.45) is 8.59. The highest BCUT2D eigenvalue weighted by Crippen LogP contribution is 2.29. The van der Waals surface area contributed by atoms with E-state index in [0.717, 1.165) is 18.4 Å². The van der Waals surface area contributed by atoms with Crippen LogP contribution in [0.3, 0.4) is 0 Å². The van der Waals surface area contributed by atoms with Gasteiger partial charge in [-0.3, -0.25) is 0 Å². The van der Waals surface area contributed by atoms with Crippen LogP contribution >= 0.6 is 0 Å². The van der Waals surface area contributed by atoms with Gasteiger partial charge in [-0.25, -0.2) is 0 Å². The lowest BCUT2D eigenvalue weighted by Gasteiger charge is -2.34. The highest BCUT2D eigenvalue weighted by Gasteiger charge is 2.34. The Kier molecular flexibility index (Phi) is 3.67. The topological polar surface area (TPSA) is 29.5 Å². The summed E-state index contributed by atoms with van der Waals surface area (Å²) in [7, 11) is 1.63. The maximum absolute atomic E-state index is 9.82. The van der Waals surface area contributed by atoms with Gasteiger partial charge in [-0.1, -0.05) is 25.2 Å². The molecule has 2 unspecified atom stereocenters. The number of aliphatic hydroxyl groups excluding tert-OH is 1. The van der Waals surface area contributed by atoms with Crippen LogP contribution in [-0.2, 0) is 4.74 Å². The Morgan fingerprint density at radius 3 is 2.93 bits per heavy atom. The number of hydrogen-bond acceptors (Lipinski definition) is 2. The molecule has 0 amide bonds. The summed E-state index contributed by atoms with van der Waals surface area (Å²) in [5.41, 5.74) is 0.599. The van der Waals surface area contributed by atoms with Gasteiger partial charge in [0.2, 0.25) is 0 Å². The normalized spacial score (nSPS) is 31.4. The zero-order valence-electron chi connectivity index (χ0n) is 8.86. The molecule has 2 heteroatoms. The van der Waals surface area contributed by atoms with Crippen LogP contribution in [0.25, 0.3) is 0 Å². The molecule has 0 spiro atoms. The molecule has 2 nitrogen and oxygen atoms in total. The molecular weight excluding hydrogens is 176 g/mol. The van der Waals surface area contributed by atoms with Crippen LogP contribution in [0.5, 0.6) is 0 Å². The van der Waals surface area contributed by atoms with Crippen molar-refractivity contribution in [2.24, 2.45) is 0 Å². The highest BCUT2D eigenvalue weighted by molar-refractivity contribution is 5.33. The second-order valence-electron chi connectivity index (χ2n) is 3.53. The van der Waals surface area contributed by atoms with Crippen LogP contribution in [-0.4, -0.2) is 23.9 Å². The molecule has 2 atom stereocenters. The van der Waals surface area contributed by atoms with E-state index in [9.17, 15) is 5.11 Å². The molecule has 1 N–H and O–H groups in total. The number of methoxy groups -OCH3 is 1. The summed E-state index contributed by atoms with van der Waals surface area (Å²) in [6.45, 7) is 5.70. The minimum atomic E-state index is -0.550. The number of ether oxygens (including phenoxy) is 1. The number of hydrogen-bond donors (Lipinski definition) is 1. The Labute approximate surface area is 85.6 Å². The Bertz CT molecular complexity index is 259. The van der Waals surface area contributed by atoms with Gasteiger partial charge in [0.05, 0.1) is 0 Å². The van der Waals surface area contributed by atoms with E-state index >= 15 is 0 Å². The van der Waals surface area contributed by atoms with Crippen LogP contribution in [0, 0.1) is 0 Å². The van der Waals surface area contributed by atoms with Crippen molar-refractivity contribution in [1.29, 1.82) is 0 Å². The fourth-order valence-electron chi connectivity index (χ4n) is 1.75. The summed E-state index contributed by atoms with van der Waals surface area (Å²) >= 11 is 0. The second kappa shape index (κ2) is 4.58. The van der Waals surface area contributed by atoms with E-state index in [0.29, 0.717) is 0 Å². The molecule has 0 saturated heterocycles. The molecule has 1 aliphatic carbocycles. The minimum absolute atomic E-state index is 0.549. The van der Waals surface area contributed by atoms with Crippen molar-refractivity contribution in [1.82, 2.24) is 0 Å². The molecule has 0 heterocycles. The zero-order chi connectivity index (χ0) is 10.6. The predicted molar refractivity (Wildman–Crippen MR) is 58.1 cm³/mol. The van der Waals surface area contributed by atoms with Crippen molar-refractivity contribution in [2.45, 2.75) is 31.5 Å². The Morgan fingerprint density at radius 1 is 1.71 bits per heavy atom. The average Bonchev–Trinajstić information content (AvgIpc) is 2.22. The molecule has 0 aromatic rings. The first kappa shape index (κ1) is 11.2. The van der Waals surface area contributed by atoms with Gasteiger partial charge in [0.1, 0.15) is 11.7 Å². The summed E-state index contributed by atoms with van der Waals surface area (Å²) in [5, 5.41) is 9.82. The van der Waals surface area contributed by atoms with Gasteiger partial charge in [0.15, 0.2) is 0 Å². The van der Waals surface area contributed by atoms with E-state index in [1.54, 1.807) is 13.2 Å². The average molecular weight is 194 g/mol. The Hall–Kier alpha value is -0.860. The maximum Gasteiger partial charge on any atom is 0.115 e. The van der Waals surface area contributed by atoms with Crippen molar-refractivity contribution >= 4 is 0 Å². The molecule has 78 valence electrons. The van der Waals surface area contributed by atoms with Gasteiger partial charge in [-0.05, 0) is 24.5 Å². The Balaban J connectivity index is 2.93. The van der Waals surface area contributed by atoms with Gasteiger partial charge in [-0.2, -0.15) is 0 Å². The molecule has 0 radical (unpaired) electrons. The summed E-state index contributed by atoms with van der Waals surface area (Å²) in [4.78, 5) is 0. The lowest BCUT2D eigenvalue weighted by molar-refractivity contribution is -0.0519. The van der Waals surface area contributed by atoms with Crippen LogP contribution < -0.4 is 0 Å². The summed E-state index contributed by atoms with van der Waals surface area (Å²) < 4.78 is 5.40. The summed E-state index contributed by atoms with van der Waals surface area (Å²) in [6, 6.07) is 0. The zero-order valence-corrected chi connectivity index (χ0v) is 8.86. The standard InChI is InChI=1S/C12H18O2/c1-4-6-10-7-8-11(13)12(5-2,9-10)14-3/h4,7-9,11,13H,1,5-6H2,2-3H3. The quantitative estimate of drug-likeness (QED) is 0.695. The molecule has 0 saturated carbocycles. The smallest absolute Gasteiger partial charge is 0.115 e. The molecule has 0 aromatic heterocycles. The van der Waals surface area contributed by atoms with E-state index in [1.165, 1.54) is 0 Å². The SMILES string of the molecule is C=CCC1=CC(CC)(OC)C(O)C=C1. The summed E-state index contributed by atoms with van der Waals surface area (Å²) in [5.74, 6) is 0. The molecule has 0 aliphatic heterocycles. The molecule has 0 bridgehead atoms. The first-order valence-electron chi connectivity index (χ1n) is 4.92. The minimum Gasteiger partial charge on any atom is -0.386 e. The Morgan fingerprint density at radius 2 is 2.43 bits per heavy atom. The van der Waals surface area contributed by atoms with Gasteiger partial charge in [-0.15, -0.1) is 6.58 Å². The largest absolute Gasteiger partial charge is 0.386 e. The van der Waals surface area contributed by atoms with Crippen LogP contribution in [0.15, 0.2) is 36.5 Å². The number of allylic oxidation sites excluding steroid dienone is 3. The van der Waals surface area contributed by atoms with Crippen LogP contribution in [0.1, 0.15) is 19.8 Å². The maximum atomic E-state index is 9.82. The monoisotopic (exact) mass is 194 g/mol. The molecule has 1 rings (SSSR count).